The fraction of sp³-hybridized carbons (Fsp3) is 0.200. The maximum absolute atomic E-state index is 9.02. The molecule has 0 atom stereocenters. The third-order valence-corrected chi connectivity index (χ3v) is 4.46. The van der Waals surface area contributed by atoms with E-state index in [2.05, 4.69) is 37.3 Å². The molecule has 0 saturated carbocycles. The normalized spacial score (nSPS) is 13.0. The van der Waals surface area contributed by atoms with Crippen LogP contribution >= 0.6 is 0 Å². The van der Waals surface area contributed by atoms with E-state index in [1.165, 1.54) is 5.56 Å². The highest BCUT2D eigenvalue weighted by Crippen LogP contribution is 2.27. The summed E-state index contributed by atoms with van der Waals surface area (Å²) in [5, 5.41) is 12.3. The molecule has 0 radical (unpaired) electrons. The first-order valence-electron chi connectivity index (χ1n) is 8.50. The summed E-state index contributed by atoms with van der Waals surface area (Å²) in [6, 6.07) is 11.9. The van der Waals surface area contributed by atoms with Crippen LogP contribution in [0.5, 0.6) is 0 Å². The van der Waals surface area contributed by atoms with Gasteiger partial charge in [-0.2, -0.15) is 5.26 Å². The van der Waals surface area contributed by atoms with Gasteiger partial charge in [0, 0.05) is 37.6 Å². The highest BCUT2D eigenvalue weighted by Gasteiger charge is 2.20. The van der Waals surface area contributed by atoms with E-state index in [4.69, 9.17) is 5.26 Å². The quantitative estimate of drug-likeness (QED) is 0.786. The summed E-state index contributed by atoms with van der Waals surface area (Å²) in [7, 11) is 0. The Labute approximate surface area is 152 Å². The van der Waals surface area contributed by atoms with Gasteiger partial charge in [0.05, 0.1) is 17.4 Å². The van der Waals surface area contributed by atoms with E-state index >= 15 is 0 Å². The molecule has 26 heavy (non-hydrogen) atoms. The van der Waals surface area contributed by atoms with Gasteiger partial charge < -0.3 is 10.2 Å². The third kappa shape index (κ3) is 3.20. The summed E-state index contributed by atoms with van der Waals surface area (Å²) in [4.78, 5) is 15.6. The molecule has 3 aromatic heterocycles. The summed E-state index contributed by atoms with van der Waals surface area (Å²) in [5.41, 5.74) is 4.84. The van der Waals surface area contributed by atoms with E-state index in [-0.39, 0.29) is 0 Å². The van der Waals surface area contributed by atoms with Crippen molar-refractivity contribution >= 4 is 17.3 Å². The molecule has 0 aromatic carbocycles. The number of nitrogens with one attached hydrogen (secondary N) is 1. The molecule has 3 aromatic rings. The van der Waals surface area contributed by atoms with E-state index in [0.29, 0.717) is 5.56 Å². The molecule has 0 bridgehead atoms. The Morgan fingerprint density at radius 2 is 2.08 bits per heavy atom. The van der Waals surface area contributed by atoms with Crippen LogP contribution in [0.2, 0.25) is 0 Å². The van der Waals surface area contributed by atoms with Crippen molar-refractivity contribution in [3.05, 3.63) is 71.3 Å². The zero-order chi connectivity index (χ0) is 17.9. The van der Waals surface area contributed by atoms with Crippen LogP contribution in [-0.4, -0.2) is 21.5 Å². The van der Waals surface area contributed by atoms with Crippen molar-refractivity contribution in [2.45, 2.75) is 19.9 Å². The third-order valence-electron chi connectivity index (χ3n) is 4.46. The number of aryl methyl sites for hydroxylation is 1. The number of rotatable bonds is 3. The second-order valence-corrected chi connectivity index (χ2v) is 6.32. The first-order valence-corrected chi connectivity index (χ1v) is 8.50. The molecule has 6 heteroatoms. The number of anilines is 3. The molecule has 4 heterocycles. The van der Waals surface area contributed by atoms with Gasteiger partial charge in [0.2, 0.25) is 0 Å². The maximum atomic E-state index is 9.02. The van der Waals surface area contributed by atoms with Crippen molar-refractivity contribution in [2.24, 2.45) is 0 Å². The van der Waals surface area contributed by atoms with Crippen LogP contribution in [0.25, 0.3) is 0 Å². The van der Waals surface area contributed by atoms with Gasteiger partial charge in [-0.3, -0.25) is 4.98 Å². The van der Waals surface area contributed by atoms with E-state index in [9.17, 15) is 0 Å². The van der Waals surface area contributed by atoms with Crippen LogP contribution in [-0.2, 0) is 13.0 Å². The molecular weight excluding hydrogens is 324 g/mol. The van der Waals surface area contributed by atoms with Gasteiger partial charge in [0.15, 0.2) is 0 Å². The lowest BCUT2D eigenvalue weighted by atomic mass is 10.0. The van der Waals surface area contributed by atoms with Crippen molar-refractivity contribution in [3.8, 4) is 6.07 Å². The maximum Gasteiger partial charge on any atom is 0.131 e. The smallest absolute Gasteiger partial charge is 0.131 e. The fourth-order valence-corrected chi connectivity index (χ4v) is 3.22. The molecule has 1 aliphatic heterocycles. The molecule has 0 saturated heterocycles. The molecule has 1 N–H and O–H groups in total. The van der Waals surface area contributed by atoms with Gasteiger partial charge in [-0.05, 0) is 42.3 Å². The number of fused-ring (bicyclic) bond motifs is 1. The Bertz CT molecular complexity index is 977. The Balaban J connectivity index is 1.58. The first-order chi connectivity index (χ1) is 12.7. The average Bonchev–Trinajstić information content (AvgIpc) is 2.68. The van der Waals surface area contributed by atoms with Gasteiger partial charge in [0.1, 0.15) is 17.7 Å². The largest absolute Gasteiger partial charge is 0.352 e. The van der Waals surface area contributed by atoms with E-state index in [1.807, 2.05) is 37.4 Å². The summed E-state index contributed by atoms with van der Waals surface area (Å²) in [5.74, 6) is 1.73. The highest BCUT2D eigenvalue weighted by atomic mass is 15.2. The van der Waals surface area contributed by atoms with Crippen molar-refractivity contribution in [3.63, 3.8) is 0 Å². The van der Waals surface area contributed by atoms with Crippen LogP contribution in [0.4, 0.5) is 17.3 Å². The lowest BCUT2D eigenvalue weighted by molar-refractivity contribution is 0.701. The molecule has 0 unspecified atom stereocenters. The van der Waals surface area contributed by atoms with Crippen molar-refractivity contribution in [1.29, 1.82) is 5.26 Å². The average molecular weight is 342 g/mol. The van der Waals surface area contributed by atoms with Crippen molar-refractivity contribution < 1.29 is 0 Å². The SMILES string of the molecule is Cc1cc(C#N)cnc1N1CCc2ncc(Nc3ccccn3)cc2C1. The number of hydrogen-bond donors (Lipinski definition) is 1. The summed E-state index contributed by atoms with van der Waals surface area (Å²) in [6.45, 7) is 3.61. The van der Waals surface area contributed by atoms with E-state index in [0.717, 1.165) is 48.1 Å². The topological polar surface area (TPSA) is 77.7 Å². The van der Waals surface area contributed by atoms with Crippen LogP contribution in [0.1, 0.15) is 22.4 Å². The van der Waals surface area contributed by atoms with Crippen LogP contribution in [0.15, 0.2) is 48.9 Å². The van der Waals surface area contributed by atoms with Crippen molar-refractivity contribution in [1.82, 2.24) is 15.0 Å². The standard InChI is InChI=1S/C20H18N6/c1-14-8-15(10-21)11-24-20(14)26-7-5-18-16(13-26)9-17(12-23-18)25-19-4-2-3-6-22-19/h2-4,6,8-9,11-12H,5,7,13H2,1H3,(H,22,25). The second kappa shape index (κ2) is 6.81. The zero-order valence-electron chi connectivity index (χ0n) is 14.5. The molecule has 1 aliphatic rings. The highest BCUT2D eigenvalue weighted by molar-refractivity contribution is 5.58. The molecular formula is C20H18N6. The Morgan fingerprint density at radius 1 is 1.15 bits per heavy atom. The van der Waals surface area contributed by atoms with E-state index in [1.54, 1.807) is 12.4 Å². The summed E-state index contributed by atoms with van der Waals surface area (Å²) < 4.78 is 0. The predicted octanol–water partition coefficient (Wildman–Crippen LogP) is 3.36. The molecule has 6 nitrogen and oxygen atoms in total. The number of aromatic nitrogens is 3. The second-order valence-electron chi connectivity index (χ2n) is 6.32. The van der Waals surface area contributed by atoms with Gasteiger partial charge in [0.25, 0.3) is 0 Å². The molecule has 0 spiro atoms. The minimum Gasteiger partial charge on any atom is -0.352 e. The van der Waals surface area contributed by atoms with Crippen LogP contribution < -0.4 is 10.2 Å². The molecule has 0 fully saturated rings. The van der Waals surface area contributed by atoms with Crippen LogP contribution in [0, 0.1) is 18.3 Å². The number of nitrogens with zero attached hydrogens (tertiary/aromatic N) is 5. The first kappa shape index (κ1) is 16.0. The number of pyridine rings is 3. The lowest BCUT2D eigenvalue weighted by Crippen LogP contribution is -2.32. The molecule has 4 rings (SSSR count). The monoisotopic (exact) mass is 342 g/mol. The predicted molar refractivity (Wildman–Crippen MR) is 100 cm³/mol. The van der Waals surface area contributed by atoms with E-state index < -0.39 is 0 Å². The minimum absolute atomic E-state index is 0.590. The number of nitriles is 1. The zero-order valence-corrected chi connectivity index (χ0v) is 14.5. The van der Waals surface area contributed by atoms with Gasteiger partial charge in [-0.25, -0.2) is 9.97 Å². The van der Waals surface area contributed by atoms with Gasteiger partial charge in [-0.15, -0.1) is 0 Å². The van der Waals surface area contributed by atoms with Crippen molar-refractivity contribution in [2.75, 3.05) is 16.8 Å². The Kier molecular flexibility index (Phi) is 4.20. The minimum atomic E-state index is 0.590. The summed E-state index contributed by atoms with van der Waals surface area (Å²) in [6.07, 6.45) is 6.12. The number of hydrogen-bond acceptors (Lipinski definition) is 6. The molecule has 128 valence electrons. The van der Waals surface area contributed by atoms with Gasteiger partial charge in [-0.1, -0.05) is 6.07 Å². The Hall–Kier alpha value is -3.46. The Morgan fingerprint density at radius 3 is 2.85 bits per heavy atom. The molecule has 0 amide bonds. The summed E-state index contributed by atoms with van der Waals surface area (Å²) >= 11 is 0. The fourth-order valence-electron chi connectivity index (χ4n) is 3.22. The van der Waals surface area contributed by atoms with Crippen LogP contribution in [0.3, 0.4) is 0 Å². The molecule has 0 aliphatic carbocycles. The van der Waals surface area contributed by atoms with Gasteiger partial charge >= 0.3 is 0 Å². The lowest BCUT2D eigenvalue weighted by Gasteiger charge is -2.30.